The van der Waals surface area contributed by atoms with Gasteiger partial charge in [-0.15, -0.1) is 0 Å². The molecule has 142 valence electrons. The summed E-state index contributed by atoms with van der Waals surface area (Å²) in [6.45, 7) is 1.51. The molecule has 2 aromatic rings. The lowest BCUT2D eigenvalue weighted by atomic mass is 10.2. The molecule has 1 aromatic heterocycles. The second-order valence-electron chi connectivity index (χ2n) is 6.26. The van der Waals surface area contributed by atoms with E-state index in [1.807, 2.05) is 29.2 Å². The highest BCUT2D eigenvalue weighted by molar-refractivity contribution is 7.91. The van der Waals surface area contributed by atoms with Crippen molar-refractivity contribution >= 4 is 9.84 Å². The van der Waals surface area contributed by atoms with Gasteiger partial charge in [0.15, 0.2) is 9.84 Å². The molecule has 0 spiro atoms. The third kappa shape index (κ3) is 4.60. The number of rotatable bonds is 8. The van der Waals surface area contributed by atoms with Crippen LogP contribution in [0.1, 0.15) is 12.3 Å². The maximum atomic E-state index is 11.8. The van der Waals surface area contributed by atoms with E-state index >= 15 is 0 Å². The molecule has 0 radical (unpaired) electrons. The second-order valence-corrected chi connectivity index (χ2v) is 8.49. The third-order valence-corrected chi connectivity index (χ3v) is 6.21. The van der Waals surface area contributed by atoms with E-state index in [9.17, 15) is 8.42 Å². The fourth-order valence-corrected chi connectivity index (χ4v) is 4.77. The number of hydrogen-bond acceptors (Lipinski definition) is 8. The molecule has 1 saturated heterocycles. The van der Waals surface area contributed by atoms with Crippen LogP contribution in [0.5, 0.6) is 5.75 Å². The number of ether oxygens (including phenoxy) is 2. The van der Waals surface area contributed by atoms with Crippen LogP contribution in [0.2, 0.25) is 0 Å². The Kier molecular flexibility index (Phi) is 5.90. The monoisotopic (exact) mass is 381 g/mol. The summed E-state index contributed by atoms with van der Waals surface area (Å²) in [5.74, 6) is 2.09. The molecule has 0 bridgehead atoms. The van der Waals surface area contributed by atoms with Crippen LogP contribution in [0, 0.1) is 0 Å². The lowest BCUT2D eigenvalue weighted by Gasteiger charge is -2.25. The minimum atomic E-state index is -2.96. The maximum absolute atomic E-state index is 11.8. The van der Waals surface area contributed by atoms with Gasteiger partial charge in [0.05, 0.1) is 31.8 Å². The van der Waals surface area contributed by atoms with Crippen molar-refractivity contribution in [3.05, 3.63) is 30.2 Å². The molecule has 0 aliphatic carbocycles. The molecule has 1 aromatic carbocycles. The van der Waals surface area contributed by atoms with Crippen LogP contribution in [0.3, 0.4) is 0 Å². The van der Waals surface area contributed by atoms with Crippen LogP contribution >= 0.6 is 0 Å². The van der Waals surface area contributed by atoms with Crippen LogP contribution in [0.4, 0.5) is 0 Å². The van der Waals surface area contributed by atoms with Gasteiger partial charge in [0.1, 0.15) is 5.75 Å². The topological polar surface area (TPSA) is 94.8 Å². The normalized spacial score (nSPS) is 19.1. The molecule has 0 saturated carbocycles. The zero-order valence-corrected chi connectivity index (χ0v) is 15.7. The summed E-state index contributed by atoms with van der Waals surface area (Å²) in [5.41, 5.74) is 0.827. The summed E-state index contributed by atoms with van der Waals surface area (Å²) in [5, 5.41) is 4.03. The molecule has 0 amide bonds. The second kappa shape index (κ2) is 8.15. The van der Waals surface area contributed by atoms with Crippen molar-refractivity contribution in [2.75, 3.05) is 38.9 Å². The highest BCUT2D eigenvalue weighted by atomic mass is 32.2. The summed E-state index contributed by atoms with van der Waals surface area (Å²) in [6, 6.07) is 7.34. The molecule has 3 rings (SSSR count). The summed E-state index contributed by atoms with van der Waals surface area (Å²) >= 11 is 0. The Bertz CT molecular complexity index is 819. The quantitative estimate of drug-likeness (QED) is 0.677. The maximum Gasteiger partial charge on any atom is 0.241 e. The van der Waals surface area contributed by atoms with E-state index in [4.69, 9.17) is 14.0 Å². The van der Waals surface area contributed by atoms with E-state index in [1.165, 1.54) is 0 Å². The fourth-order valence-electron chi connectivity index (χ4n) is 3.01. The molecule has 9 heteroatoms. The number of benzene rings is 1. The number of nitrogens with zero attached hydrogens (tertiary/aromatic N) is 3. The van der Waals surface area contributed by atoms with E-state index < -0.39 is 9.84 Å². The van der Waals surface area contributed by atoms with Crippen molar-refractivity contribution in [2.24, 2.45) is 0 Å². The highest BCUT2D eigenvalue weighted by Crippen LogP contribution is 2.22. The predicted octanol–water partition coefficient (Wildman–Crippen LogP) is 1.38. The Morgan fingerprint density at radius 2 is 2.04 bits per heavy atom. The first-order valence-corrected chi connectivity index (χ1v) is 10.2. The van der Waals surface area contributed by atoms with Crippen molar-refractivity contribution in [3.8, 4) is 17.1 Å². The van der Waals surface area contributed by atoms with Crippen LogP contribution in [0.25, 0.3) is 11.4 Å². The molecular formula is C17H23N3O5S. The number of hydrogen-bond donors (Lipinski definition) is 0. The number of sulfone groups is 1. The largest absolute Gasteiger partial charge is 0.497 e. The molecule has 1 atom stereocenters. The first-order valence-electron chi connectivity index (χ1n) is 8.41. The standard InChI is InChI=1S/C17H23N3O5S/c1-23-9-8-20(14-7-10-26(21,22)12-14)11-16-18-17(19-25-16)13-3-5-15(24-2)6-4-13/h3-6,14H,7-12H2,1-2H3/t14-/m1/s1. The minimum absolute atomic E-state index is 0.0495. The Labute approximate surface area is 153 Å². The average molecular weight is 381 g/mol. The van der Waals surface area contributed by atoms with E-state index in [0.29, 0.717) is 37.8 Å². The van der Waals surface area contributed by atoms with Gasteiger partial charge in [0.25, 0.3) is 0 Å². The van der Waals surface area contributed by atoms with Gasteiger partial charge < -0.3 is 14.0 Å². The van der Waals surface area contributed by atoms with Crippen molar-refractivity contribution < 1.29 is 22.4 Å². The third-order valence-electron chi connectivity index (χ3n) is 4.46. The van der Waals surface area contributed by atoms with E-state index in [2.05, 4.69) is 10.1 Å². The molecule has 1 aliphatic heterocycles. The molecular weight excluding hydrogens is 358 g/mol. The molecule has 2 heterocycles. The van der Waals surface area contributed by atoms with Crippen LogP contribution in [0.15, 0.2) is 28.8 Å². The van der Waals surface area contributed by atoms with E-state index in [0.717, 1.165) is 11.3 Å². The van der Waals surface area contributed by atoms with Crippen LogP contribution in [-0.4, -0.2) is 68.4 Å². The number of methoxy groups -OCH3 is 2. The lowest BCUT2D eigenvalue weighted by molar-refractivity contribution is 0.112. The highest BCUT2D eigenvalue weighted by Gasteiger charge is 2.32. The first-order chi connectivity index (χ1) is 12.5. The van der Waals surface area contributed by atoms with Gasteiger partial charge in [-0.2, -0.15) is 4.98 Å². The molecule has 0 N–H and O–H groups in total. The van der Waals surface area contributed by atoms with Crippen molar-refractivity contribution in [2.45, 2.75) is 19.0 Å². The van der Waals surface area contributed by atoms with E-state index in [-0.39, 0.29) is 17.5 Å². The Balaban J connectivity index is 1.71. The van der Waals surface area contributed by atoms with Gasteiger partial charge in [-0.1, -0.05) is 5.16 Å². The lowest BCUT2D eigenvalue weighted by Crippen LogP contribution is -2.38. The average Bonchev–Trinajstić information content (AvgIpc) is 3.25. The zero-order valence-electron chi connectivity index (χ0n) is 14.9. The predicted molar refractivity (Wildman–Crippen MR) is 95.6 cm³/mol. The molecule has 0 unspecified atom stereocenters. The summed E-state index contributed by atoms with van der Waals surface area (Å²) in [4.78, 5) is 6.48. The molecule has 1 fully saturated rings. The SMILES string of the molecule is COCCN(Cc1nc(-c2ccc(OC)cc2)no1)[C@@H]1CCS(=O)(=O)C1. The van der Waals surface area contributed by atoms with Gasteiger partial charge >= 0.3 is 0 Å². The van der Waals surface area contributed by atoms with Crippen molar-refractivity contribution in [3.63, 3.8) is 0 Å². The van der Waals surface area contributed by atoms with Crippen molar-refractivity contribution in [1.29, 1.82) is 0 Å². The van der Waals surface area contributed by atoms with Crippen LogP contribution < -0.4 is 4.74 Å². The van der Waals surface area contributed by atoms with Gasteiger partial charge in [0, 0.05) is 25.3 Å². The van der Waals surface area contributed by atoms with Crippen LogP contribution in [-0.2, 0) is 21.1 Å². The summed E-state index contributed by atoms with van der Waals surface area (Å²) in [7, 11) is 0.270. The van der Waals surface area contributed by atoms with Crippen molar-refractivity contribution in [1.82, 2.24) is 15.0 Å². The Morgan fingerprint density at radius 1 is 1.27 bits per heavy atom. The Morgan fingerprint density at radius 3 is 2.65 bits per heavy atom. The zero-order chi connectivity index (χ0) is 18.6. The first kappa shape index (κ1) is 18.8. The van der Waals surface area contributed by atoms with Gasteiger partial charge in [-0.3, -0.25) is 4.90 Å². The smallest absolute Gasteiger partial charge is 0.241 e. The van der Waals surface area contributed by atoms with Gasteiger partial charge in [0.2, 0.25) is 11.7 Å². The molecule has 26 heavy (non-hydrogen) atoms. The van der Waals surface area contributed by atoms with Gasteiger partial charge in [-0.05, 0) is 30.7 Å². The molecule has 1 aliphatic rings. The minimum Gasteiger partial charge on any atom is -0.497 e. The Hall–Kier alpha value is -1.97. The fraction of sp³-hybridized carbons (Fsp3) is 0.529. The summed E-state index contributed by atoms with van der Waals surface area (Å²) in [6.07, 6.45) is 0.617. The summed E-state index contributed by atoms with van der Waals surface area (Å²) < 4.78 is 39.3. The molecule has 8 nitrogen and oxygen atoms in total. The number of aromatic nitrogens is 2. The van der Waals surface area contributed by atoms with Gasteiger partial charge in [-0.25, -0.2) is 8.42 Å². The van der Waals surface area contributed by atoms with E-state index in [1.54, 1.807) is 14.2 Å².